The van der Waals surface area contributed by atoms with E-state index in [1.54, 1.807) is 5.57 Å². The SMILES string of the molecule is CO[C@@]12CC=C(C)[C@@H]1[C@@H]1C(C)(C)CCC[C@@]12C. The van der Waals surface area contributed by atoms with Gasteiger partial charge in [0.25, 0.3) is 0 Å². The van der Waals surface area contributed by atoms with Crippen molar-refractivity contribution >= 4 is 0 Å². The van der Waals surface area contributed by atoms with E-state index in [0.717, 1.165) is 12.3 Å². The van der Waals surface area contributed by atoms with Crippen LogP contribution in [0.1, 0.15) is 53.4 Å². The summed E-state index contributed by atoms with van der Waals surface area (Å²) in [5.74, 6) is 1.51. The summed E-state index contributed by atoms with van der Waals surface area (Å²) in [5.41, 5.74) is 2.62. The van der Waals surface area contributed by atoms with Gasteiger partial charge in [0.2, 0.25) is 0 Å². The maximum absolute atomic E-state index is 6.08. The molecule has 0 amide bonds. The molecule has 4 atom stereocenters. The van der Waals surface area contributed by atoms with E-state index < -0.39 is 0 Å². The first-order valence-corrected chi connectivity index (χ1v) is 7.11. The van der Waals surface area contributed by atoms with Crippen molar-refractivity contribution in [1.29, 1.82) is 0 Å². The van der Waals surface area contributed by atoms with Gasteiger partial charge in [-0.1, -0.05) is 38.8 Å². The fourth-order valence-electron chi connectivity index (χ4n) is 5.78. The molecule has 0 aromatic rings. The highest BCUT2D eigenvalue weighted by atomic mass is 16.5. The van der Waals surface area contributed by atoms with Gasteiger partial charge >= 0.3 is 0 Å². The molecule has 3 aliphatic rings. The smallest absolute Gasteiger partial charge is 0.0837 e. The predicted octanol–water partition coefficient (Wildman–Crippen LogP) is 4.18. The number of hydrogen-bond donors (Lipinski definition) is 0. The molecule has 1 nitrogen and oxygen atoms in total. The lowest BCUT2D eigenvalue weighted by atomic mass is 9.35. The largest absolute Gasteiger partial charge is 0.377 e. The lowest BCUT2D eigenvalue weighted by molar-refractivity contribution is -0.293. The Hall–Kier alpha value is -0.300. The van der Waals surface area contributed by atoms with Crippen LogP contribution in [0.15, 0.2) is 11.6 Å². The topological polar surface area (TPSA) is 9.23 Å². The monoisotopic (exact) mass is 234 g/mol. The van der Waals surface area contributed by atoms with Gasteiger partial charge in [0.05, 0.1) is 5.60 Å². The number of hydrogen-bond acceptors (Lipinski definition) is 1. The van der Waals surface area contributed by atoms with Gasteiger partial charge in [0.1, 0.15) is 0 Å². The first-order chi connectivity index (χ1) is 7.89. The first kappa shape index (κ1) is 11.8. The van der Waals surface area contributed by atoms with Gasteiger partial charge in [0.15, 0.2) is 0 Å². The minimum Gasteiger partial charge on any atom is -0.377 e. The maximum Gasteiger partial charge on any atom is 0.0837 e. The van der Waals surface area contributed by atoms with E-state index >= 15 is 0 Å². The van der Waals surface area contributed by atoms with E-state index in [1.807, 2.05) is 7.11 Å². The molecule has 1 heteroatoms. The van der Waals surface area contributed by atoms with E-state index in [2.05, 4.69) is 33.8 Å². The standard InChI is InChI=1S/C16H26O/c1-11-7-10-16(17-5)12(11)13-14(2,3)8-6-9-15(13,16)4/h7,12-13H,6,8-10H2,1-5H3/t12-,13-,15+,16+/m1/s1. The Morgan fingerprint density at radius 3 is 2.59 bits per heavy atom. The molecule has 17 heavy (non-hydrogen) atoms. The van der Waals surface area contributed by atoms with Crippen molar-refractivity contribution < 1.29 is 4.74 Å². The summed E-state index contributed by atoms with van der Waals surface area (Å²) in [7, 11) is 1.93. The second-order valence-corrected chi connectivity index (χ2v) is 7.46. The quantitative estimate of drug-likeness (QED) is 0.618. The van der Waals surface area contributed by atoms with Crippen LogP contribution in [0, 0.1) is 22.7 Å². The maximum atomic E-state index is 6.08. The molecule has 0 spiro atoms. The highest BCUT2D eigenvalue weighted by Crippen LogP contribution is 2.75. The average molecular weight is 234 g/mol. The average Bonchev–Trinajstić information content (AvgIpc) is 2.52. The molecule has 0 unspecified atom stereocenters. The second kappa shape index (κ2) is 3.17. The van der Waals surface area contributed by atoms with Crippen LogP contribution in [0.4, 0.5) is 0 Å². The van der Waals surface area contributed by atoms with Crippen molar-refractivity contribution in [2.24, 2.45) is 22.7 Å². The van der Waals surface area contributed by atoms with Crippen LogP contribution in [-0.4, -0.2) is 12.7 Å². The van der Waals surface area contributed by atoms with Gasteiger partial charge in [0, 0.05) is 18.4 Å². The number of ether oxygens (including phenoxy) is 1. The zero-order valence-electron chi connectivity index (χ0n) is 12.0. The third-order valence-corrected chi connectivity index (χ3v) is 6.43. The molecule has 0 saturated heterocycles. The number of fused-ring (bicyclic) bond motifs is 4. The lowest BCUT2D eigenvalue weighted by Crippen LogP contribution is -2.73. The van der Waals surface area contributed by atoms with E-state index in [4.69, 9.17) is 4.74 Å². The molecular formula is C16H26O. The van der Waals surface area contributed by atoms with Crippen molar-refractivity contribution in [2.75, 3.05) is 7.11 Å². The Morgan fingerprint density at radius 2 is 1.94 bits per heavy atom. The van der Waals surface area contributed by atoms with Gasteiger partial charge < -0.3 is 4.74 Å². The van der Waals surface area contributed by atoms with Crippen LogP contribution in [0.25, 0.3) is 0 Å². The minimum absolute atomic E-state index is 0.138. The van der Waals surface area contributed by atoms with Crippen molar-refractivity contribution in [1.82, 2.24) is 0 Å². The highest BCUT2D eigenvalue weighted by Gasteiger charge is 2.74. The van der Waals surface area contributed by atoms with Gasteiger partial charge in [-0.2, -0.15) is 0 Å². The Kier molecular flexibility index (Phi) is 2.20. The van der Waals surface area contributed by atoms with Gasteiger partial charge in [-0.05, 0) is 37.5 Å². The fourth-order valence-corrected chi connectivity index (χ4v) is 5.78. The summed E-state index contributed by atoms with van der Waals surface area (Å²) in [6.45, 7) is 9.75. The molecular weight excluding hydrogens is 208 g/mol. The van der Waals surface area contributed by atoms with Crippen molar-refractivity contribution in [3.63, 3.8) is 0 Å². The normalized spacial score (nSPS) is 51.2. The van der Waals surface area contributed by atoms with Crippen molar-refractivity contribution in [2.45, 2.75) is 59.0 Å². The second-order valence-electron chi connectivity index (χ2n) is 7.46. The van der Waals surface area contributed by atoms with Crippen LogP contribution < -0.4 is 0 Å². The molecule has 3 rings (SSSR count). The third kappa shape index (κ3) is 1.10. The summed E-state index contributed by atoms with van der Waals surface area (Å²) in [4.78, 5) is 0. The minimum atomic E-state index is 0.138. The molecule has 3 aliphatic carbocycles. The van der Waals surface area contributed by atoms with E-state index in [1.165, 1.54) is 19.3 Å². The lowest BCUT2D eigenvalue weighted by Gasteiger charge is -2.72. The van der Waals surface area contributed by atoms with Crippen LogP contribution in [0.2, 0.25) is 0 Å². The van der Waals surface area contributed by atoms with Crippen LogP contribution >= 0.6 is 0 Å². The summed E-state index contributed by atoms with van der Waals surface area (Å²) in [5, 5.41) is 0. The van der Waals surface area contributed by atoms with Gasteiger partial charge in [-0.25, -0.2) is 0 Å². The molecule has 0 aromatic carbocycles. The van der Waals surface area contributed by atoms with Crippen molar-refractivity contribution in [3.05, 3.63) is 11.6 Å². The first-order valence-electron chi connectivity index (χ1n) is 7.11. The molecule has 0 heterocycles. The molecule has 0 N–H and O–H groups in total. The predicted molar refractivity (Wildman–Crippen MR) is 70.8 cm³/mol. The fraction of sp³-hybridized carbons (Fsp3) is 0.875. The molecule has 0 aliphatic heterocycles. The molecule has 96 valence electrons. The van der Waals surface area contributed by atoms with Gasteiger partial charge in [-0.15, -0.1) is 0 Å². The summed E-state index contributed by atoms with van der Waals surface area (Å²) in [6.07, 6.45) is 7.69. The Bertz CT molecular complexity index is 381. The molecule has 0 bridgehead atoms. The van der Waals surface area contributed by atoms with Crippen LogP contribution in [0.5, 0.6) is 0 Å². The Balaban J connectivity index is 2.06. The molecule has 2 saturated carbocycles. The van der Waals surface area contributed by atoms with E-state index in [0.29, 0.717) is 16.7 Å². The zero-order valence-corrected chi connectivity index (χ0v) is 12.0. The van der Waals surface area contributed by atoms with Crippen molar-refractivity contribution in [3.8, 4) is 0 Å². The summed E-state index contributed by atoms with van der Waals surface area (Å²) >= 11 is 0. The summed E-state index contributed by atoms with van der Waals surface area (Å²) in [6, 6.07) is 0. The zero-order chi connectivity index (χ0) is 12.5. The molecule has 0 aromatic heterocycles. The highest BCUT2D eigenvalue weighted by molar-refractivity contribution is 5.36. The number of rotatable bonds is 1. The number of methoxy groups -OCH3 is 1. The van der Waals surface area contributed by atoms with Crippen LogP contribution in [0.3, 0.4) is 0 Å². The van der Waals surface area contributed by atoms with E-state index in [-0.39, 0.29) is 5.60 Å². The van der Waals surface area contributed by atoms with E-state index in [9.17, 15) is 0 Å². The third-order valence-electron chi connectivity index (χ3n) is 6.43. The Labute approximate surface area is 106 Å². The Morgan fingerprint density at radius 1 is 1.24 bits per heavy atom. The van der Waals surface area contributed by atoms with Gasteiger partial charge in [-0.3, -0.25) is 0 Å². The molecule has 2 fully saturated rings. The molecule has 0 radical (unpaired) electrons. The summed E-state index contributed by atoms with van der Waals surface area (Å²) < 4.78 is 6.08. The van der Waals surface area contributed by atoms with Crippen LogP contribution in [-0.2, 0) is 4.74 Å².